The van der Waals surface area contributed by atoms with Crippen LogP contribution in [0, 0.1) is 0 Å². The number of hydrogen-bond acceptors (Lipinski definition) is 4. The van der Waals surface area contributed by atoms with Crippen molar-refractivity contribution < 1.29 is 9.53 Å². The normalized spacial score (nSPS) is 20.9. The van der Waals surface area contributed by atoms with E-state index in [9.17, 15) is 4.79 Å². The van der Waals surface area contributed by atoms with E-state index in [-0.39, 0.29) is 17.9 Å². The highest BCUT2D eigenvalue weighted by Gasteiger charge is 2.29. The molecule has 2 N–H and O–H groups in total. The van der Waals surface area contributed by atoms with Gasteiger partial charge < -0.3 is 15.0 Å². The number of aromatic nitrogens is 2. The highest BCUT2D eigenvalue weighted by Crippen LogP contribution is 2.32. The maximum Gasteiger partial charge on any atom is 0.225 e. The first-order valence-corrected chi connectivity index (χ1v) is 9.97. The van der Waals surface area contributed by atoms with Crippen LogP contribution in [0.5, 0.6) is 0 Å². The Morgan fingerprint density at radius 3 is 2.96 bits per heavy atom. The zero-order valence-electron chi connectivity index (χ0n) is 15.9. The van der Waals surface area contributed by atoms with Crippen LogP contribution in [0.3, 0.4) is 0 Å². The van der Waals surface area contributed by atoms with Crippen LogP contribution in [0.25, 0.3) is 0 Å². The first-order chi connectivity index (χ1) is 13.3. The number of amides is 1. The number of carbonyl (C=O) groups excluding carboxylic acids is 1. The van der Waals surface area contributed by atoms with Gasteiger partial charge in [-0.05, 0) is 12.0 Å². The molecule has 0 unspecified atom stereocenters. The highest BCUT2D eigenvalue weighted by atomic mass is 16.5. The molecule has 1 fully saturated rings. The maximum absolute atomic E-state index is 12.8. The van der Waals surface area contributed by atoms with E-state index in [0.717, 1.165) is 38.2 Å². The minimum Gasteiger partial charge on any atom is -0.375 e. The van der Waals surface area contributed by atoms with Crippen LogP contribution in [0.2, 0.25) is 0 Å². The first kappa shape index (κ1) is 18.2. The zero-order chi connectivity index (χ0) is 18.6. The Morgan fingerprint density at radius 2 is 2.22 bits per heavy atom. The molecule has 144 valence electrons. The van der Waals surface area contributed by atoms with Crippen LogP contribution >= 0.6 is 0 Å². The third-order valence-corrected chi connectivity index (χ3v) is 5.67. The summed E-state index contributed by atoms with van der Waals surface area (Å²) in [6, 6.07) is 10.5. The van der Waals surface area contributed by atoms with Crippen LogP contribution < -0.4 is 5.32 Å². The Hall–Kier alpha value is -2.18. The Labute approximate surface area is 160 Å². The van der Waals surface area contributed by atoms with Crippen LogP contribution in [0.1, 0.15) is 48.2 Å². The van der Waals surface area contributed by atoms with Crippen molar-refractivity contribution in [2.75, 3.05) is 26.2 Å². The first-order valence-electron chi connectivity index (χ1n) is 9.97. The topological polar surface area (TPSA) is 70.2 Å². The molecule has 1 aromatic carbocycles. The summed E-state index contributed by atoms with van der Waals surface area (Å²) >= 11 is 0. The second-order valence-electron chi connectivity index (χ2n) is 7.40. The molecule has 4 rings (SSSR count). The Kier molecular flexibility index (Phi) is 5.55. The van der Waals surface area contributed by atoms with Gasteiger partial charge in [0, 0.05) is 49.8 Å². The molecule has 6 nitrogen and oxygen atoms in total. The Balaban J connectivity index is 1.50. The second-order valence-corrected chi connectivity index (χ2v) is 7.40. The van der Waals surface area contributed by atoms with Crippen molar-refractivity contribution in [3.05, 3.63) is 52.8 Å². The number of nitrogens with zero attached hydrogens (tertiary/aromatic N) is 2. The monoisotopic (exact) mass is 368 g/mol. The SMILES string of the molecule is CC[C@H](c1ccccc1)c1n[nH]c2c1CN(C(=O)C[C@@H]1CNCCO1)CC2. The fourth-order valence-corrected chi connectivity index (χ4v) is 4.17. The van der Waals surface area contributed by atoms with Crippen molar-refractivity contribution in [2.45, 2.75) is 44.8 Å². The van der Waals surface area contributed by atoms with Crippen LogP contribution in [0.4, 0.5) is 0 Å². The molecule has 1 aromatic heterocycles. The third kappa shape index (κ3) is 3.92. The molecule has 27 heavy (non-hydrogen) atoms. The van der Waals surface area contributed by atoms with E-state index in [1.807, 2.05) is 11.0 Å². The Bertz CT molecular complexity index is 768. The molecule has 3 heterocycles. The van der Waals surface area contributed by atoms with Crippen LogP contribution in [0.15, 0.2) is 30.3 Å². The number of nitrogens with one attached hydrogen (secondary N) is 2. The number of H-pyrrole nitrogens is 1. The molecule has 2 aromatic rings. The molecule has 1 saturated heterocycles. The van der Waals surface area contributed by atoms with Crippen molar-refractivity contribution in [3.8, 4) is 0 Å². The summed E-state index contributed by atoms with van der Waals surface area (Å²) < 4.78 is 5.70. The molecule has 2 aliphatic rings. The number of fused-ring (bicyclic) bond motifs is 1. The van der Waals surface area contributed by atoms with E-state index >= 15 is 0 Å². The zero-order valence-corrected chi connectivity index (χ0v) is 15.9. The van der Waals surface area contributed by atoms with Gasteiger partial charge >= 0.3 is 0 Å². The fraction of sp³-hybridized carbons (Fsp3) is 0.524. The fourth-order valence-electron chi connectivity index (χ4n) is 4.17. The number of morpholine rings is 1. The molecule has 0 radical (unpaired) electrons. The molecular weight excluding hydrogens is 340 g/mol. The molecule has 2 atom stereocenters. The van der Waals surface area contributed by atoms with E-state index in [2.05, 4.69) is 46.7 Å². The van der Waals surface area contributed by atoms with Crippen molar-refractivity contribution in [1.29, 1.82) is 0 Å². The predicted octanol–water partition coefficient (Wildman–Crippen LogP) is 2.21. The average Bonchev–Trinajstić information content (AvgIpc) is 3.13. The second kappa shape index (κ2) is 8.23. The van der Waals surface area contributed by atoms with Crippen LogP contribution in [-0.4, -0.2) is 53.3 Å². The number of aromatic amines is 1. The smallest absolute Gasteiger partial charge is 0.225 e. The summed E-state index contributed by atoms with van der Waals surface area (Å²) in [6.07, 6.45) is 2.26. The van der Waals surface area contributed by atoms with Gasteiger partial charge in [-0.15, -0.1) is 0 Å². The van der Waals surface area contributed by atoms with Crippen LogP contribution in [-0.2, 0) is 22.5 Å². The molecule has 1 amide bonds. The number of carbonyl (C=O) groups is 1. The standard InChI is InChI=1S/C21H28N4O2/c1-2-17(15-6-4-3-5-7-15)21-18-14-25(10-8-19(18)23-24-21)20(26)12-16-13-22-9-11-27-16/h3-7,16-17,22H,2,8-14H2,1H3,(H,23,24)/t16-,17-/m1/s1. The van der Waals surface area contributed by atoms with E-state index in [1.54, 1.807) is 0 Å². The third-order valence-electron chi connectivity index (χ3n) is 5.67. The van der Waals surface area contributed by atoms with Crippen molar-refractivity contribution in [3.63, 3.8) is 0 Å². The Morgan fingerprint density at radius 1 is 1.37 bits per heavy atom. The minimum atomic E-state index is -0.0100. The largest absolute Gasteiger partial charge is 0.375 e. The molecule has 0 saturated carbocycles. The summed E-state index contributed by atoms with van der Waals surface area (Å²) in [4.78, 5) is 14.8. The van der Waals surface area contributed by atoms with E-state index in [0.29, 0.717) is 19.6 Å². The van der Waals surface area contributed by atoms with E-state index in [4.69, 9.17) is 4.74 Å². The van der Waals surface area contributed by atoms with Crippen molar-refractivity contribution in [1.82, 2.24) is 20.4 Å². The van der Waals surface area contributed by atoms with Gasteiger partial charge in [0.05, 0.1) is 24.8 Å². The molecule has 0 aliphatic carbocycles. The summed E-state index contributed by atoms with van der Waals surface area (Å²) in [5, 5.41) is 11.2. The maximum atomic E-state index is 12.8. The van der Waals surface area contributed by atoms with Gasteiger partial charge in [-0.1, -0.05) is 37.3 Å². The van der Waals surface area contributed by atoms with E-state index in [1.165, 1.54) is 16.8 Å². The number of benzene rings is 1. The van der Waals surface area contributed by atoms with Gasteiger partial charge in [-0.3, -0.25) is 9.89 Å². The number of rotatable bonds is 5. The summed E-state index contributed by atoms with van der Waals surface area (Å²) in [7, 11) is 0. The quantitative estimate of drug-likeness (QED) is 0.849. The molecule has 6 heteroatoms. The molecule has 0 spiro atoms. The summed E-state index contributed by atoms with van der Waals surface area (Å²) in [5.41, 5.74) is 4.75. The van der Waals surface area contributed by atoms with Gasteiger partial charge in [-0.2, -0.15) is 5.10 Å². The summed E-state index contributed by atoms with van der Waals surface area (Å²) in [6.45, 7) is 5.89. The average molecular weight is 368 g/mol. The predicted molar refractivity (Wildman–Crippen MR) is 104 cm³/mol. The van der Waals surface area contributed by atoms with Gasteiger partial charge in [-0.25, -0.2) is 0 Å². The lowest BCUT2D eigenvalue weighted by Gasteiger charge is -2.30. The van der Waals surface area contributed by atoms with Gasteiger partial charge in [0.2, 0.25) is 5.91 Å². The lowest BCUT2D eigenvalue weighted by molar-refractivity contribution is -0.135. The number of ether oxygens (including phenoxy) is 1. The van der Waals surface area contributed by atoms with Crippen molar-refractivity contribution >= 4 is 5.91 Å². The molecule has 0 bridgehead atoms. The van der Waals surface area contributed by atoms with Crippen molar-refractivity contribution in [2.24, 2.45) is 0 Å². The lowest BCUT2D eigenvalue weighted by atomic mass is 9.89. The van der Waals surface area contributed by atoms with E-state index < -0.39 is 0 Å². The van der Waals surface area contributed by atoms with Gasteiger partial charge in [0.1, 0.15) is 0 Å². The molecule has 2 aliphatic heterocycles. The highest BCUT2D eigenvalue weighted by molar-refractivity contribution is 5.77. The molecular formula is C21H28N4O2. The van der Waals surface area contributed by atoms with Gasteiger partial charge in [0.25, 0.3) is 0 Å². The minimum absolute atomic E-state index is 0.0100. The lowest BCUT2D eigenvalue weighted by Crippen LogP contribution is -2.43. The number of hydrogen-bond donors (Lipinski definition) is 2. The summed E-state index contributed by atoms with van der Waals surface area (Å²) in [5.74, 6) is 0.432. The van der Waals surface area contributed by atoms with Gasteiger partial charge in [0.15, 0.2) is 0 Å².